The Morgan fingerprint density at radius 3 is 2.11 bits per heavy atom. The molecule has 0 atom stereocenters. The smallest absolute Gasteiger partial charge is 0.355 e. The van der Waals surface area contributed by atoms with E-state index in [4.69, 9.17) is 0 Å². The third-order valence-electron chi connectivity index (χ3n) is 2.34. The summed E-state index contributed by atoms with van der Waals surface area (Å²) in [4.78, 5) is 0. The van der Waals surface area contributed by atoms with Crippen LogP contribution in [0.3, 0.4) is 0 Å². The fourth-order valence-electron chi connectivity index (χ4n) is 1.51. The maximum Gasteiger partial charge on any atom is 0.417 e. The van der Waals surface area contributed by atoms with Gasteiger partial charge in [-0.2, -0.15) is 13.2 Å². The van der Waals surface area contributed by atoms with Crippen molar-refractivity contribution in [3.8, 4) is 0 Å². The molecule has 0 spiro atoms. The third kappa shape index (κ3) is 3.04. The summed E-state index contributed by atoms with van der Waals surface area (Å²) >= 11 is 2.94. The van der Waals surface area contributed by atoms with Gasteiger partial charge in [-0.3, -0.25) is 0 Å². The van der Waals surface area contributed by atoms with Crippen LogP contribution in [0.4, 0.5) is 24.5 Å². The van der Waals surface area contributed by atoms with Gasteiger partial charge in [0.1, 0.15) is 0 Å². The summed E-state index contributed by atoms with van der Waals surface area (Å²) < 4.78 is 37.7. The summed E-state index contributed by atoms with van der Waals surface area (Å²) in [5, 5.41) is 3.03. The van der Waals surface area contributed by atoms with E-state index in [1.54, 1.807) is 0 Å². The van der Waals surface area contributed by atoms with Crippen molar-refractivity contribution >= 4 is 27.3 Å². The van der Waals surface area contributed by atoms with Crippen molar-refractivity contribution in [2.75, 3.05) is 5.32 Å². The molecule has 0 saturated carbocycles. The number of hydrogen-bond donors (Lipinski definition) is 1. The van der Waals surface area contributed by atoms with E-state index < -0.39 is 11.7 Å². The molecule has 0 fully saturated rings. The molecular weight excluding hydrogens is 307 g/mol. The van der Waals surface area contributed by atoms with E-state index in [2.05, 4.69) is 21.2 Å². The molecule has 0 aliphatic carbocycles. The zero-order valence-electron chi connectivity index (χ0n) is 9.13. The zero-order chi connectivity index (χ0) is 13.2. The molecular formula is C13H9BrF3N. The Labute approximate surface area is 111 Å². The molecule has 0 aliphatic heterocycles. The van der Waals surface area contributed by atoms with Gasteiger partial charge in [-0.15, -0.1) is 0 Å². The van der Waals surface area contributed by atoms with E-state index in [9.17, 15) is 13.2 Å². The lowest BCUT2D eigenvalue weighted by atomic mass is 10.2. The maximum absolute atomic E-state index is 12.6. The molecule has 0 aromatic heterocycles. The predicted octanol–water partition coefficient (Wildman–Crippen LogP) is 5.21. The molecule has 94 valence electrons. The van der Waals surface area contributed by atoms with E-state index in [-0.39, 0.29) is 4.47 Å². The molecule has 0 aliphatic rings. The first kappa shape index (κ1) is 13.0. The maximum atomic E-state index is 12.6. The summed E-state index contributed by atoms with van der Waals surface area (Å²) in [5.41, 5.74) is 0.742. The van der Waals surface area contributed by atoms with Crippen molar-refractivity contribution in [1.82, 2.24) is 0 Å². The van der Waals surface area contributed by atoms with Crippen molar-refractivity contribution < 1.29 is 13.2 Å². The van der Waals surface area contributed by atoms with Gasteiger partial charge in [0.25, 0.3) is 0 Å². The molecule has 0 saturated heterocycles. The van der Waals surface area contributed by atoms with Gasteiger partial charge in [-0.05, 0) is 30.3 Å². The highest BCUT2D eigenvalue weighted by atomic mass is 79.9. The van der Waals surface area contributed by atoms with Crippen LogP contribution in [0, 0.1) is 0 Å². The van der Waals surface area contributed by atoms with Gasteiger partial charge >= 0.3 is 6.18 Å². The standard InChI is InChI=1S/C13H9BrF3N/c14-12-8-10(6-7-11(12)13(15,16)17)18-9-4-2-1-3-5-9/h1-8,18H. The largest absolute Gasteiger partial charge is 0.417 e. The third-order valence-corrected chi connectivity index (χ3v) is 2.99. The van der Waals surface area contributed by atoms with Crippen LogP contribution in [0.2, 0.25) is 0 Å². The molecule has 2 aromatic carbocycles. The van der Waals surface area contributed by atoms with E-state index in [0.29, 0.717) is 5.69 Å². The number of rotatable bonds is 2. The van der Waals surface area contributed by atoms with Gasteiger partial charge in [-0.25, -0.2) is 0 Å². The molecule has 0 radical (unpaired) electrons. The van der Waals surface area contributed by atoms with E-state index >= 15 is 0 Å². The van der Waals surface area contributed by atoms with Crippen molar-refractivity contribution in [2.45, 2.75) is 6.18 Å². The lowest BCUT2D eigenvalue weighted by Gasteiger charge is -2.11. The van der Waals surface area contributed by atoms with Gasteiger partial charge in [0.05, 0.1) is 5.56 Å². The van der Waals surface area contributed by atoms with Crippen LogP contribution in [0.1, 0.15) is 5.56 Å². The van der Waals surface area contributed by atoms with Crippen molar-refractivity contribution in [1.29, 1.82) is 0 Å². The molecule has 18 heavy (non-hydrogen) atoms. The number of benzene rings is 2. The van der Waals surface area contributed by atoms with Gasteiger partial charge in [0.15, 0.2) is 0 Å². The van der Waals surface area contributed by atoms with Crippen LogP contribution >= 0.6 is 15.9 Å². The van der Waals surface area contributed by atoms with Gasteiger partial charge in [-0.1, -0.05) is 34.1 Å². The second-order valence-electron chi connectivity index (χ2n) is 3.68. The second-order valence-corrected chi connectivity index (χ2v) is 4.54. The topological polar surface area (TPSA) is 12.0 Å². The van der Waals surface area contributed by atoms with Crippen LogP contribution in [-0.4, -0.2) is 0 Å². The summed E-state index contributed by atoms with van der Waals surface area (Å²) in [7, 11) is 0. The van der Waals surface area contributed by atoms with Gasteiger partial charge in [0, 0.05) is 15.8 Å². The van der Waals surface area contributed by atoms with E-state index in [1.165, 1.54) is 12.1 Å². The Kier molecular flexibility index (Phi) is 3.61. The minimum Gasteiger partial charge on any atom is -0.355 e. The van der Waals surface area contributed by atoms with Crippen molar-refractivity contribution in [2.24, 2.45) is 0 Å². The van der Waals surface area contributed by atoms with E-state index in [0.717, 1.165) is 11.8 Å². The number of hydrogen-bond acceptors (Lipinski definition) is 1. The Hall–Kier alpha value is -1.49. The minimum atomic E-state index is -4.34. The number of halogens is 4. The van der Waals surface area contributed by atoms with Crippen LogP contribution < -0.4 is 5.32 Å². The average molecular weight is 316 g/mol. The van der Waals surface area contributed by atoms with Crippen LogP contribution in [0.5, 0.6) is 0 Å². The summed E-state index contributed by atoms with van der Waals surface area (Å²) in [5.74, 6) is 0. The molecule has 0 amide bonds. The summed E-state index contributed by atoms with van der Waals surface area (Å²) in [6.07, 6.45) is -4.34. The SMILES string of the molecule is FC(F)(F)c1ccc(Nc2ccccc2)cc1Br. The molecule has 0 unspecified atom stereocenters. The first-order valence-corrected chi connectivity index (χ1v) is 5.95. The highest BCUT2D eigenvalue weighted by Crippen LogP contribution is 2.36. The normalized spacial score (nSPS) is 11.3. The Morgan fingerprint density at radius 1 is 0.889 bits per heavy atom. The number of nitrogens with one attached hydrogen (secondary N) is 1. The number of anilines is 2. The molecule has 0 bridgehead atoms. The van der Waals surface area contributed by atoms with Crippen LogP contribution in [-0.2, 0) is 6.18 Å². The van der Waals surface area contributed by atoms with Crippen LogP contribution in [0.25, 0.3) is 0 Å². The molecule has 1 nitrogen and oxygen atoms in total. The lowest BCUT2D eigenvalue weighted by molar-refractivity contribution is -0.138. The minimum absolute atomic E-state index is 0.0240. The summed E-state index contributed by atoms with van der Waals surface area (Å²) in [6, 6.07) is 13.1. The average Bonchev–Trinajstić information content (AvgIpc) is 2.28. The highest BCUT2D eigenvalue weighted by molar-refractivity contribution is 9.10. The first-order valence-electron chi connectivity index (χ1n) is 5.15. The molecule has 2 aromatic rings. The van der Waals surface area contributed by atoms with Gasteiger partial charge in [0.2, 0.25) is 0 Å². The predicted molar refractivity (Wildman–Crippen MR) is 68.9 cm³/mol. The quantitative estimate of drug-likeness (QED) is 0.802. The Balaban J connectivity index is 2.25. The Morgan fingerprint density at radius 2 is 1.56 bits per heavy atom. The van der Waals surface area contributed by atoms with Crippen molar-refractivity contribution in [3.63, 3.8) is 0 Å². The second kappa shape index (κ2) is 5.02. The Bertz CT molecular complexity index is 538. The van der Waals surface area contributed by atoms with Crippen molar-refractivity contribution in [3.05, 3.63) is 58.6 Å². The molecule has 1 N–H and O–H groups in total. The van der Waals surface area contributed by atoms with Crippen LogP contribution in [0.15, 0.2) is 53.0 Å². The lowest BCUT2D eigenvalue weighted by Crippen LogP contribution is -2.06. The number of para-hydroxylation sites is 1. The van der Waals surface area contributed by atoms with E-state index in [1.807, 2.05) is 30.3 Å². The fourth-order valence-corrected chi connectivity index (χ4v) is 2.11. The summed E-state index contributed by atoms with van der Waals surface area (Å²) in [6.45, 7) is 0. The monoisotopic (exact) mass is 315 g/mol. The fraction of sp³-hybridized carbons (Fsp3) is 0.0769. The molecule has 2 rings (SSSR count). The zero-order valence-corrected chi connectivity index (χ0v) is 10.7. The van der Waals surface area contributed by atoms with Gasteiger partial charge < -0.3 is 5.32 Å². The number of alkyl halides is 3. The highest BCUT2D eigenvalue weighted by Gasteiger charge is 2.32. The first-order chi connectivity index (χ1) is 8.47. The molecule has 0 heterocycles. The molecule has 5 heteroatoms.